The molecule has 0 aliphatic carbocycles. The molecule has 214 valence electrons. The molecule has 0 aromatic heterocycles. The van der Waals surface area contributed by atoms with Crippen LogP contribution in [0.2, 0.25) is 0 Å². The van der Waals surface area contributed by atoms with Crippen LogP contribution in [0, 0.1) is 5.82 Å². The van der Waals surface area contributed by atoms with Gasteiger partial charge in [-0.15, -0.1) is 0 Å². The summed E-state index contributed by atoms with van der Waals surface area (Å²) < 4.78 is 13.3. The lowest BCUT2D eigenvalue weighted by molar-refractivity contribution is -0.186. The van der Waals surface area contributed by atoms with Gasteiger partial charge in [-0.3, -0.25) is 9.59 Å². The second-order valence-corrected chi connectivity index (χ2v) is 11.4. The number of nitrogens with zero attached hydrogens (tertiary/aromatic N) is 4. The maximum absolute atomic E-state index is 13.9. The van der Waals surface area contributed by atoms with Gasteiger partial charge in [-0.2, -0.15) is 11.8 Å². The van der Waals surface area contributed by atoms with Crippen LogP contribution in [0.1, 0.15) is 16.7 Å². The summed E-state index contributed by atoms with van der Waals surface area (Å²) in [5.74, 6) is 0.933. The van der Waals surface area contributed by atoms with Crippen LogP contribution < -0.4 is 5.32 Å². The Labute approximate surface area is 244 Å². The summed E-state index contributed by atoms with van der Waals surface area (Å²) in [6.45, 7) is 0.910. The van der Waals surface area contributed by atoms with Crippen molar-refractivity contribution in [3.8, 4) is 0 Å². The van der Waals surface area contributed by atoms with Crippen LogP contribution in [0.5, 0.6) is 0 Å². The molecular weight excluding hydrogens is 541 g/mol. The van der Waals surface area contributed by atoms with Crippen molar-refractivity contribution in [2.45, 2.75) is 30.9 Å². The molecule has 2 fully saturated rings. The number of amides is 4. The molecule has 2 aliphatic rings. The number of carbonyl (C=O) groups is 3. The van der Waals surface area contributed by atoms with E-state index in [-0.39, 0.29) is 43.3 Å². The Kier molecular flexibility index (Phi) is 9.21. The van der Waals surface area contributed by atoms with Gasteiger partial charge in [-0.05, 0) is 28.8 Å². The summed E-state index contributed by atoms with van der Waals surface area (Å²) in [7, 11) is 1.70. The van der Waals surface area contributed by atoms with E-state index in [1.165, 1.54) is 17.7 Å². The highest BCUT2D eigenvalue weighted by molar-refractivity contribution is 7.98. The average molecular weight is 576 g/mol. The highest BCUT2D eigenvalue weighted by Gasteiger charge is 2.50. The Morgan fingerprint density at radius 3 is 2.27 bits per heavy atom. The number of rotatable bonds is 9. The van der Waals surface area contributed by atoms with Crippen molar-refractivity contribution < 1.29 is 18.8 Å². The van der Waals surface area contributed by atoms with Crippen LogP contribution in [-0.2, 0) is 28.3 Å². The molecule has 3 aromatic rings. The molecule has 0 spiro atoms. The lowest BCUT2D eigenvalue weighted by Crippen LogP contribution is -2.76. The Balaban J connectivity index is 1.34. The van der Waals surface area contributed by atoms with Crippen LogP contribution in [0.15, 0.2) is 84.9 Å². The predicted molar refractivity (Wildman–Crippen MR) is 157 cm³/mol. The molecule has 2 aliphatic heterocycles. The van der Waals surface area contributed by atoms with Crippen LogP contribution in [-0.4, -0.2) is 82.3 Å². The van der Waals surface area contributed by atoms with Gasteiger partial charge < -0.3 is 15.1 Å². The van der Waals surface area contributed by atoms with Gasteiger partial charge in [0.05, 0.1) is 13.1 Å². The molecule has 1 N–H and O–H groups in total. The molecular formula is C31H34FN5O3S. The van der Waals surface area contributed by atoms with E-state index < -0.39 is 12.2 Å². The predicted octanol–water partition coefficient (Wildman–Crippen LogP) is 3.74. The summed E-state index contributed by atoms with van der Waals surface area (Å²) in [6, 6.07) is 24.7. The zero-order chi connectivity index (χ0) is 28.8. The highest BCUT2D eigenvalue weighted by Crippen LogP contribution is 2.28. The smallest absolute Gasteiger partial charge is 0.334 e. The van der Waals surface area contributed by atoms with E-state index in [0.717, 1.165) is 22.6 Å². The first-order valence-electron chi connectivity index (χ1n) is 13.7. The second kappa shape index (κ2) is 13.2. The molecule has 5 rings (SSSR count). The molecule has 2 atom stereocenters. The zero-order valence-corrected chi connectivity index (χ0v) is 23.8. The minimum atomic E-state index is -0.719. The third-order valence-corrected chi connectivity index (χ3v) is 8.40. The largest absolute Gasteiger partial charge is 0.336 e. The van der Waals surface area contributed by atoms with Crippen molar-refractivity contribution in [1.29, 1.82) is 0 Å². The van der Waals surface area contributed by atoms with Crippen molar-refractivity contribution in [2.24, 2.45) is 0 Å². The van der Waals surface area contributed by atoms with Crippen LogP contribution in [0.3, 0.4) is 0 Å². The molecule has 3 aromatic carbocycles. The molecule has 0 saturated carbocycles. The number of carbonyl (C=O) groups excluding carboxylic acids is 3. The SMILES string of the molecule is CN1CC(=O)N2[C@@H](Cc3ccccc3)C(=O)N(CCSCc3ccccc3)C[C@@H]2N1C(=O)NCc1ccc(F)cc1. The van der Waals surface area contributed by atoms with E-state index in [1.807, 2.05) is 48.5 Å². The molecule has 2 heterocycles. The summed E-state index contributed by atoms with van der Waals surface area (Å²) in [5.41, 5.74) is 2.92. The van der Waals surface area contributed by atoms with Gasteiger partial charge in [0.25, 0.3) is 0 Å². The number of benzene rings is 3. The molecule has 0 radical (unpaired) electrons. The maximum atomic E-state index is 13.9. The fraction of sp³-hybridized carbons (Fsp3) is 0.323. The number of piperazine rings is 1. The molecule has 2 saturated heterocycles. The van der Waals surface area contributed by atoms with Crippen LogP contribution in [0.4, 0.5) is 9.18 Å². The summed E-state index contributed by atoms with van der Waals surface area (Å²) >= 11 is 1.75. The monoisotopic (exact) mass is 575 g/mol. The van der Waals surface area contributed by atoms with Gasteiger partial charge >= 0.3 is 6.03 Å². The molecule has 0 bridgehead atoms. The number of hydrogen-bond acceptors (Lipinski definition) is 5. The molecule has 4 amide bonds. The van der Waals surface area contributed by atoms with Crippen LogP contribution >= 0.6 is 11.8 Å². The minimum Gasteiger partial charge on any atom is -0.336 e. The van der Waals surface area contributed by atoms with E-state index >= 15 is 0 Å². The maximum Gasteiger partial charge on any atom is 0.334 e. The second-order valence-electron chi connectivity index (χ2n) is 10.3. The Morgan fingerprint density at radius 1 is 0.927 bits per heavy atom. The number of hydrazine groups is 1. The number of urea groups is 1. The van der Waals surface area contributed by atoms with Gasteiger partial charge in [0.2, 0.25) is 11.8 Å². The van der Waals surface area contributed by atoms with E-state index in [2.05, 4.69) is 17.4 Å². The number of thioether (sulfide) groups is 1. The first-order valence-corrected chi connectivity index (χ1v) is 14.8. The van der Waals surface area contributed by atoms with Crippen molar-refractivity contribution >= 4 is 29.6 Å². The summed E-state index contributed by atoms with van der Waals surface area (Å²) in [6.07, 6.45) is -0.287. The Bertz CT molecular complexity index is 1340. The normalized spacial score (nSPS) is 19.3. The first-order chi connectivity index (χ1) is 19.9. The van der Waals surface area contributed by atoms with Crippen molar-refractivity contribution in [1.82, 2.24) is 25.1 Å². The number of likely N-dealkylation sites (N-methyl/N-ethyl adjacent to an activating group) is 1. The molecule has 41 heavy (non-hydrogen) atoms. The topological polar surface area (TPSA) is 76.2 Å². The summed E-state index contributed by atoms with van der Waals surface area (Å²) in [4.78, 5) is 44.2. The van der Waals surface area contributed by atoms with Gasteiger partial charge in [-0.25, -0.2) is 19.2 Å². The third kappa shape index (κ3) is 6.89. The Morgan fingerprint density at radius 2 is 1.59 bits per heavy atom. The number of nitrogens with one attached hydrogen (secondary N) is 1. The number of hydrogen-bond donors (Lipinski definition) is 1. The first kappa shape index (κ1) is 28.6. The van der Waals surface area contributed by atoms with E-state index in [0.29, 0.717) is 13.0 Å². The molecule has 0 unspecified atom stereocenters. The summed E-state index contributed by atoms with van der Waals surface area (Å²) in [5, 5.41) is 6.06. The van der Waals surface area contributed by atoms with Gasteiger partial charge in [0, 0.05) is 38.1 Å². The molecule has 8 nitrogen and oxygen atoms in total. The molecule has 10 heteroatoms. The van der Waals surface area contributed by atoms with Crippen molar-refractivity contribution in [3.63, 3.8) is 0 Å². The lowest BCUT2D eigenvalue weighted by atomic mass is 9.99. The van der Waals surface area contributed by atoms with E-state index in [9.17, 15) is 18.8 Å². The van der Waals surface area contributed by atoms with Crippen molar-refractivity contribution in [2.75, 3.05) is 32.4 Å². The third-order valence-electron chi connectivity index (χ3n) is 7.39. The number of fused-ring (bicyclic) bond motifs is 1. The van der Waals surface area contributed by atoms with E-state index in [4.69, 9.17) is 0 Å². The van der Waals surface area contributed by atoms with Crippen LogP contribution in [0.25, 0.3) is 0 Å². The highest BCUT2D eigenvalue weighted by atomic mass is 32.2. The fourth-order valence-electron chi connectivity index (χ4n) is 5.34. The standard InChI is InChI=1S/C31H34FN5O3S/c1-34-21-29(38)36-27(18-23-8-4-2-5-9-23)30(39)35(16-17-41-22-25-10-6-3-7-11-25)20-28(36)37(34)31(40)33-19-24-12-14-26(32)15-13-24/h2-15,27-28H,16-22H2,1H3,(H,33,40)/t27-,28-/m0/s1. The van der Waals surface area contributed by atoms with E-state index in [1.54, 1.807) is 50.8 Å². The fourth-order valence-corrected chi connectivity index (χ4v) is 6.27. The minimum absolute atomic E-state index is 0.0219. The lowest BCUT2D eigenvalue weighted by Gasteiger charge is -2.54. The quantitative estimate of drug-likeness (QED) is 0.394. The van der Waals surface area contributed by atoms with Crippen molar-refractivity contribution in [3.05, 3.63) is 107 Å². The average Bonchev–Trinajstić information content (AvgIpc) is 2.98. The number of halogens is 1. The van der Waals surface area contributed by atoms with Gasteiger partial charge in [0.15, 0.2) is 0 Å². The van der Waals surface area contributed by atoms with Gasteiger partial charge in [0.1, 0.15) is 18.0 Å². The zero-order valence-electron chi connectivity index (χ0n) is 23.0. The Hall–Kier alpha value is -3.89. The van der Waals surface area contributed by atoms with Gasteiger partial charge in [-0.1, -0.05) is 72.8 Å².